The minimum atomic E-state index is -1.18. The highest BCUT2D eigenvalue weighted by Crippen LogP contribution is 2.31. The SMILES string of the molecule is Cc1cc([C@@H](C)Nc2ccc(Cl)nc2C(=O)O)c2nc(N3CCO[C@@H](C)C3)c(C#N)nc2c1. The number of benzene rings is 1. The van der Waals surface area contributed by atoms with Gasteiger partial charge in [-0.2, -0.15) is 5.26 Å². The fraction of sp³-hybridized carbons (Fsp3) is 0.348. The summed E-state index contributed by atoms with van der Waals surface area (Å²) < 4.78 is 5.63. The maximum atomic E-state index is 11.6. The maximum absolute atomic E-state index is 11.6. The van der Waals surface area contributed by atoms with Crippen LogP contribution in [0, 0.1) is 18.3 Å². The van der Waals surface area contributed by atoms with E-state index in [0.717, 1.165) is 11.1 Å². The molecule has 4 rings (SSSR count). The molecular weight excluding hydrogens is 444 g/mol. The number of carboxylic acids is 1. The highest BCUT2D eigenvalue weighted by atomic mass is 35.5. The van der Waals surface area contributed by atoms with Gasteiger partial charge in [-0.15, -0.1) is 0 Å². The quantitative estimate of drug-likeness (QED) is 0.537. The number of pyridine rings is 1. The highest BCUT2D eigenvalue weighted by Gasteiger charge is 2.24. The van der Waals surface area contributed by atoms with Gasteiger partial charge in [-0.25, -0.2) is 19.7 Å². The van der Waals surface area contributed by atoms with Crippen molar-refractivity contribution in [1.82, 2.24) is 15.0 Å². The molecule has 0 saturated carbocycles. The molecular formula is C23H23ClN6O3. The standard InChI is InChI=1S/C23H23ClN6O3/c1-12-8-15(14(3)26-16-4-5-19(24)28-21(16)23(31)32)20-17(9-12)27-18(10-25)22(29-20)30-6-7-33-13(2)11-30/h4-5,8-9,13-14,26H,6-7,11H2,1-3H3,(H,31,32)/t13-,14+/m0/s1. The van der Waals surface area contributed by atoms with E-state index in [9.17, 15) is 15.2 Å². The number of aromatic carboxylic acids is 1. The summed E-state index contributed by atoms with van der Waals surface area (Å²) in [5.41, 5.74) is 3.48. The number of hydrogen-bond acceptors (Lipinski definition) is 8. The third kappa shape index (κ3) is 4.67. The molecule has 0 spiro atoms. The van der Waals surface area contributed by atoms with Gasteiger partial charge in [-0.05, 0) is 44.5 Å². The molecule has 9 nitrogen and oxygen atoms in total. The van der Waals surface area contributed by atoms with Crippen LogP contribution < -0.4 is 10.2 Å². The van der Waals surface area contributed by atoms with Gasteiger partial charge in [0, 0.05) is 18.7 Å². The van der Waals surface area contributed by atoms with E-state index in [4.69, 9.17) is 21.3 Å². The zero-order valence-electron chi connectivity index (χ0n) is 18.5. The zero-order valence-corrected chi connectivity index (χ0v) is 19.2. The highest BCUT2D eigenvalue weighted by molar-refractivity contribution is 6.29. The Morgan fingerprint density at radius 1 is 1.36 bits per heavy atom. The number of nitrogens with zero attached hydrogens (tertiary/aromatic N) is 5. The molecule has 1 aliphatic rings. The van der Waals surface area contributed by atoms with E-state index in [0.29, 0.717) is 42.2 Å². The number of halogens is 1. The first-order chi connectivity index (χ1) is 15.8. The summed E-state index contributed by atoms with van der Waals surface area (Å²) in [6.07, 6.45) is 0.0210. The van der Waals surface area contributed by atoms with Gasteiger partial charge in [0.2, 0.25) is 0 Å². The Morgan fingerprint density at radius 3 is 2.85 bits per heavy atom. The summed E-state index contributed by atoms with van der Waals surface area (Å²) in [6, 6.07) is 8.84. The molecule has 0 unspecified atom stereocenters. The molecule has 3 aromatic rings. The summed E-state index contributed by atoms with van der Waals surface area (Å²) in [4.78, 5) is 27.1. The molecule has 0 bridgehead atoms. The van der Waals surface area contributed by atoms with Crippen LogP contribution in [0.2, 0.25) is 5.15 Å². The molecule has 1 fully saturated rings. The summed E-state index contributed by atoms with van der Waals surface area (Å²) >= 11 is 5.88. The molecule has 170 valence electrons. The predicted octanol–water partition coefficient (Wildman–Crippen LogP) is 3.95. The lowest BCUT2D eigenvalue weighted by molar-refractivity contribution is 0.0529. The fourth-order valence-electron chi connectivity index (χ4n) is 3.99. The van der Waals surface area contributed by atoms with Crippen molar-refractivity contribution < 1.29 is 14.6 Å². The molecule has 1 saturated heterocycles. The summed E-state index contributed by atoms with van der Waals surface area (Å²) in [7, 11) is 0. The summed E-state index contributed by atoms with van der Waals surface area (Å²) in [6.45, 7) is 7.60. The first-order valence-electron chi connectivity index (χ1n) is 10.5. The maximum Gasteiger partial charge on any atom is 0.356 e. The second kappa shape index (κ2) is 9.17. The lowest BCUT2D eigenvalue weighted by atomic mass is 10.0. The minimum Gasteiger partial charge on any atom is -0.476 e. The molecule has 0 amide bonds. The van der Waals surface area contributed by atoms with Crippen molar-refractivity contribution in [2.24, 2.45) is 0 Å². The van der Waals surface area contributed by atoms with Crippen LogP contribution in [0.3, 0.4) is 0 Å². The Hall–Kier alpha value is -3.48. The Morgan fingerprint density at radius 2 is 2.15 bits per heavy atom. The van der Waals surface area contributed by atoms with Gasteiger partial charge >= 0.3 is 5.97 Å². The lowest BCUT2D eigenvalue weighted by Gasteiger charge is -2.32. The number of aromatic nitrogens is 3. The van der Waals surface area contributed by atoms with Crippen LogP contribution in [0.1, 0.15) is 47.2 Å². The van der Waals surface area contributed by atoms with Crippen LogP contribution in [-0.4, -0.2) is 51.8 Å². The number of carbonyl (C=O) groups is 1. The van der Waals surface area contributed by atoms with E-state index >= 15 is 0 Å². The minimum absolute atomic E-state index is 0.0210. The number of nitrogens with one attached hydrogen (secondary N) is 1. The second-order valence-electron chi connectivity index (χ2n) is 8.06. The monoisotopic (exact) mass is 466 g/mol. The first kappa shape index (κ1) is 22.7. The largest absolute Gasteiger partial charge is 0.476 e. The first-order valence-corrected chi connectivity index (χ1v) is 10.9. The molecule has 0 aliphatic carbocycles. The molecule has 1 aliphatic heterocycles. The number of carboxylic acid groups (broad SMARTS) is 1. The van der Waals surface area contributed by atoms with Gasteiger partial charge in [0.05, 0.1) is 35.5 Å². The number of rotatable bonds is 5. The van der Waals surface area contributed by atoms with Crippen LogP contribution in [0.5, 0.6) is 0 Å². The van der Waals surface area contributed by atoms with Crippen LogP contribution in [0.15, 0.2) is 24.3 Å². The van der Waals surface area contributed by atoms with E-state index in [2.05, 4.69) is 21.4 Å². The van der Waals surface area contributed by atoms with Crippen molar-refractivity contribution in [2.45, 2.75) is 32.9 Å². The Kier molecular flexibility index (Phi) is 6.31. The zero-order chi connectivity index (χ0) is 23.7. The van der Waals surface area contributed by atoms with E-state index in [-0.39, 0.29) is 28.7 Å². The Bertz CT molecular complexity index is 1280. The third-order valence-electron chi connectivity index (χ3n) is 5.47. The van der Waals surface area contributed by atoms with E-state index in [1.54, 1.807) is 6.07 Å². The average Bonchev–Trinajstić information content (AvgIpc) is 2.78. The average molecular weight is 467 g/mol. The molecule has 2 aromatic heterocycles. The van der Waals surface area contributed by atoms with Gasteiger partial charge in [-0.3, -0.25) is 0 Å². The number of aryl methyl sites for hydroxylation is 1. The second-order valence-corrected chi connectivity index (χ2v) is 8.45. The number of fused-ring (bicyclic) bond motifs is 1. The fourth-order valence-corrected chi connectivity index (χ4v) is 4.13. The van der Waals surface area contributed by atoms with E-state index in [1.165, 1.54) is 6.07 Å². The molecule has 0 radical (unpaired) electrons. The van der Waals surface area contributed by atoms with E-state index < -0.39 is 5.97 Å². The van der Waals surface area contributed by atoms with Crippen molar-refractivity contribution in [3.05, 3.63) is 51.9 Å². The van der Waals surface area contributed by atoms with Crippen LogP contribution in [0.4, 0.5) is 11.5 Å². The number of anilines is 2. The molecule has 1 aromatic carbocycles. The van der Waals surface area contributed by atoms with Crippen LogP contribution in [-0.2, 0) is 4.74 Å². The van der Waals surface area contributed by atoms with Crippen molar-refractivity contribution in [2.75, 3.05) is 29.9 Å². The van der Waals surface area contributed by atoms with Crippen molar-refractivity contribution in [1.29, 1.82) is 5.26 Å². The smallest absolute Gasteiger partial charge is 0.356 e. The Balaban J connectivity index is 1.80. The number of hydrogen-bond donors (Lipinski definition) is 2. The van der Waals surface area contributed by atoms with Crippen molar-refractivity contribution in [3.8, 4) is 6.07 Å². The third-order valence-corrected chi connectivity index (χ3v) is 5.68. The number of ether oxygens (including phenoxy) is 1. The molecule has 33 heavy (non-hydrogen) atoms. The predicted molar refractivity (Wildman–Crippen MR) is 125 cm³/mol. The topological polar surface area (TPSA) is 124 Å². The molecule has 3 heterocycles. The lowest BCUT2D eigenvalue weighted by Crippen LogP contribution is -2.42. The molecule has 10 heteroatoms. The molecule has 2 atom stereocenters. The summed E-state index contributed by atoms with van der Waals surface area (Å²) in [5.74, 6) is -0.652. The number of morpholine rings is 1. The van der Waals surface area contributed by atoms with Crippen molar-refractivity contribution in [3.63, 3.8) is 0 Å². The van der Waals surface area contributed by atoms with Crippen LogP contribution >= 0.6 is 11.6 Å². The summed E-state index contributed by atoms with van der Waals surface area (Å²) in [5, 5.41) is 22.6. The molecule has 2 N–H and O–H groups in total. The van der Waals surface area contributed by atoms with Gasteiger partial charge in [0.15, 0.2) is 17.2 Å². The van der Waals surface area contributed by atoms with Gasteiger partial charge < -0.3 is 20.1 Å². The van der Waals surface area contributed by atoms with Crippen LogP contribution in [0.25, 0.3) is 11.0 Å². The van der Waals surface area contributed by atoms with Gasteiger partial charge in [0.25, 0.3) is 0 Å². The van der Waals surface area contributed by atoms with E-state index in [1.807, 2.05) is 37.8 Å². The van der Waals surface area contributed by atoms with Gasteiger partial charge in [-0.1, -0.05) is 17.7 Å². The normalized spacial score (nSPS) is 16.9. The van der Waals surface area contributed by atoms with Crippen molar-refractivity contribution >= 4 is 40.1 Å². The van der Waals surface area contributed by atoms with Gasteiger partial charge in [0.1, 0.15) is 11.2 Å². The Labute approximate surface area is 196 Å². The number of nitriles is 1.